The lowest BCUT2D eigenvalue weighted by molar-refractivity contribution is -0.384. The molecule has 0 spiro atoms. The molecule has 1 aliphatic rings. The van der Waals surface area contributed by atoms with Crippen molar-refractivity contribution in [2.45, 2.75) is 31.7 Å². The Morgan fingerprint density at radius 3 is 2.82 bits per heavy atom. The third-order valence-corrected chi connectivity index (χ3v) is 3.93. The maximum atomic E-state index is 12.0. The highest BCUT2D eigenvalue weighted by atomic mass is 16.6. The number of nitrogens with two attached hydrogens (primary N) is 1. The molecule has 1 amide bonds. The van der Waals surface area contributed by atoms with Crippen molar-refractivity contribution in [1.82, 2.24) is 5.32 Å². The molecular weight excluding hydrogens is 284 g/mol. The number of carbonyl (C=O) groups is 1. The molecule has 1 fully saturated rings. The second kappa shape index (κ2) is 7.74. The number of nitro benzene ring substituents is 1. The molecule has 120 valence electrons. The number of nitrogens with zero attached hydrogens (tertiary/aromatic N) is 1. The normalized spacial score (nSPS) is 21.1. The summed E-state index contributed by atoms with van der Waals surface area (Å²) in [7, 11) is 0. The van der Waals surface area contributed by atoms with Gasteiger partial charge in [-0.25, -0.2) is 0 Å². The number of benzene rings is 1. The van der Waals surface area contributed by atoms with Gasteiger partial charge in [-0.1, -0.05) is 18.6 Å². The fraction of sp³-hybridized carbons (Fsp3) is 0.533. The van der Waals surface area contributed by atoms with E-state index >= 15 is 0 Å². The van der Waals surface area contributed by atoms with E-state index in [4.69, 9.17) is 5.73 Å². The van der Waals surface area contributed by atoms with Crippen molar-refractivity contribution in [2.24, 2.45) is 11.7 Å². The summed E-state index contributed by atoms with van der Waals surface area (Å²) in [6.45, 7) is 0.867. The average Bonchev–Trinajstić information content (AvgIpc) is 2.51. The summed E-state index contributed by atoms with van der Waals surface area (Å²) in [5.41, 5.74) is 6.38. The number of anilines is 1. The molecule has 0 aromatic heterocycles. The van der Waals surface area contributed by atoms with Crippen LogP contribution in [0.25, 0.3) is 0 Å². The zero-order chi connectivity index (χ0) is 15.9. The first-order valence-corrected chi connectivity index (χ1v) is 7.58. The van der Waals surface area contributed by atoms with E-state index in [1.165, 1.54) is 6.07 Å². The van der Waals surface area contributed by atoms with E-state index in [0.29, 0.717) is 18.8 Å². The number of carbonyl (C=O) groups excluding carboxylic acids is 1. The summed E-state index contributed by atoms with van der Waals surface area (Å²) in [6, 6.07) is 6.58. The van der Waals surface area contributed by atoms with Crippen LogP contribution in [0.3, 0.4) is 0 Å². The summed E-state index contributed by atoms with van der Waals surface area (Å²) >= 11 is 0. The third-order valence-electron chi connectivity index (χ3n) is 3.93. The Balaban J connectivity index is 1.75. The fourth-order valence-electron chi connectivity index (χ4n) is 2.78. The number of nitro groups is 1. The van der Waals surface area contributed by atoms with Gasteiger partial charge in [0.25, 0.3) is 5.69 Å². The van der Waals surface area contributed by atoms with E-state index in [-0.39, 0.29) is 23.6 Å². The van der Waals surface area contributed by atoms with Crippen LogP contribution in [0.5, 0.6) is 0 Å². The van der Waals surface area contributed by atoms with Gasteiger partial charge in [-0.3, -0.25) is 14.9 Å². The average molecular weight is 306 g/mol. The molecule has 7 nitrogen and oxygen atoms in total. The molecule has 2 atom stereocenters. The topological polar surface area (TPSA) is 110 Å². The predicted octanol–water partition coefficient (Wildman–Crippen LogP) is 1.64. The summed E-state index contributed by atoms with van der Waals surface area (Å²) in [5.74, 6) is 0.0225. The molecule has 2 rings (SSSR count). The molecule has 1 saturated carbocycles. The maximum absolute atomic E-state index is 12.0. The van der Waals surface area contributed by atoms with Crippen LogP contribution in [0.4, 0.5) is 11.4 Å². The van der Waals surface area contributed by atoms with Crippen LogP contribution in [-0.2, 0) is 4.79 Å². The minimum absolute atomic E-state index is 0.00480. The highest BCUT2D eigenvalue weighted by molar-refractivity contribution is 5.78. The van der Waals surface area contributed by atoms with Gasteiger partial charge in [0.05, 0.1) is 4.92 Å². The standard InChI is InChI=1S/C15H22N4O3/c16-12-5-3-4-11(10-12)15(20)18-9-8-17-13-6-1-2-7-14(13)19(21)22/h1-2,6-7,11-12,17H,3-5,8-10,16H2,(H,18,20). The molecule has 1 aromatic rings. The first-order chi connectivity index (χ1) is 10.6. The zero-order valence-corrected chi connectivity index (χ0v) is 12.5. The number of rotatable bonds is 6. The molecule has 1 aromatic carbocycles. The van der Waals surface area contributed by atoms with Crippen molar-refractivity contribution in [2.75, 3.05) is 18.4 Å². The minimum atomic E-state index is -0.426. The molecule has 4 N–H and O–H groups in total. The van der Waals surface area contributed by atoms with Crippen molar-refractivity contribution in [3.05, 3.63) is 34.4 Å². The van der Waals surface area contributed by atoms with Gasteiger partial charge in [-0.15, -0.1) is 0 Å². The molecule has 1 aliphatic carbocycles. The monoisotopic (exact) mass is 306 g/mol. The maximum Gasteiger partial charge on any atom is 0.292 e. The van der Waals surface area contributed by atoms with E-state index in [1.807, 2.05) is 0 Å². The van der Waals surface area contributed by atoms with E-state index < -0.39 is 4.92 Å². The quantitative estimate of drug-likeness (QED) is 0.420. The van der Waals surface area contributed by atoms with Crippen molar-refractivity contribution < 1.29 is 9.72 Å². The summed E-state index contributed by atoms with van der Waals surface area (Å²) < 4.78 is 0. The van der Waals surface area contributed by atoms with Crippen molar-refractivity contribution in [3.8, 4) is 0 Å². The van der Waals surface area contributed by atoms with E-state index in [1.54, 1.807) is 18.2 Å². The lowest BCUT2D eigenvalue weighted by Gasteiger charge is -2.25. The molecule has 22 heavy (non-hydrogen) atoms. The lowest BCUT2D eigenvalue weighted by Crippen LogP contribution is -2.39. The molecule has 2 unspecified atom stereocenters. The van der Waals surface area contributed by atoms with Crippen molar-refractivity contribution in [1.29, 1.82) is 0 Å². The Labute approximate surface area is 129 Å². The largest absolute Gasteiger partial charge is 0.378 e. The smallest absolute Gasteiger partial charge is 0.292 e. The van der Waals surface area contributed by atoms with Gasteiger partial charge in [0.2, 0.25) is 5.91 Å². The summed E-state index contributed by atoms with van der Waals surface area (Å²) in [5, 5.41) is 16.7. The Hall–Kier alpha value is -2.15. The van der Waals surface area contributed by atoms with Crippen LogP contribution < -0.4 is 16.4 Å². The Morgan fingerprint density at radius 1 is 1.32 bits per heavy atom. The Morgan fingerprint density at radius 2 is 2.09 bits per heavy atom. The first kappa shape index (κ1) is 16.2. The van der Waals surface area contributed by atoms with Crippen LogP contribution >= 0.6 is 0 Å². The molecule has 0 radical (unpaired) electrons. The highest BCUT2D eigenvalue weighted by Gasteiger charge is 2.24. The van der Waals surface area contributed by atoms with Gasteiger partial charge < -0.3 is 16.4 Å². The molecule has 0 saturated heterocycles. The van der Waals surface area contributed by atoms with Crippen LogP contribution in [0.15, 0.2) is 24.3 Å². The van der Waals surface area contributed by atoms with Crippen LogP contribution in [0, 0.1) is 16.0 Å². The number of amides is 1. The van der Waals surface area contributed by atoms with Crippen molar-refractivity contribution >= 4 is 17.3 Å². The number of para-hydroxylation sites is 2. The van der Waals surface area contributed by atoms with Gasteiger partial charge in [-0.2, -0.15) is 0 Å². The Kier molecular flexibility index (Phi) is 5.71. The Bertz CT molecular complexity index is 535. The summed E-state index contributed by atoms with van der Waals surface area (Å²) in [6.07, 6.45) is 3.61. The molecule has 0 heterocycles. The van der Waals surface area contributed by atoms with E-state index in [2.05, 4.69) is 10.6 Å². The van der Waals surface area contributed by atoms with Gasteiger partial charge in [0.1, 0.15) is 5.69 Å². The predicted molar refractivity (Wildman–Crippen MR) is 84.5 cm³/mol. The first-order valence-electron chi connectivity index (χ1n) is 7.58. The molecule has 0 bridgehead atoms. The number of nitrogens with one attached hydrogen (secondary N) is 2. The van der Waals surface area contributed by atoms with Gasteiger partial charge in [-0.05, 0) is 25.3 Å². The van der Waals surface area contributed by atoms with Gasteiger partial charge in [0, 0.05) is 31.1 Å². The van der Waals surface area contributed by atoms with Crippen LogP contribution in [0.1, 0.15) is 25.7 Å². The SMILES string of the molecule is NC1CCCC(C(=O)NCCNc2ccccc2[N+](=O)[O-])C1. The number of hydrogen-bond donors (Lipinski definition) is 3. The van der Waals surface area contributed by atoms with Crippen molar-refractivity contribution in [3.63, 3.8) is 0 Å². The molecule has 7 heteroatoms. The van der Waals surface area contributed by atoms with E-state index in [9.17, 15) is 14.9 Å². The molecule has 0 aliphatic heterocycles. The lowest BCUT2D eigenvalue weighted by atomic mass is 9.85. The highest BCUT2D eigenvalue weighted by Crippen LogP contribution is 2.23. The summed E-state index contributed by atoms with van der Waals surface area (Å²) in [4.78, 5) is 22.5. The van der Waals surface area contributed by atoms with Gasteiger partial charge >= 0.3 is 0 Å². The van der Waals surface area contributed by atoms with E-state index in [0.717, 1.165) is 25.7 Å². The number of hydrogen-bond acceptors (Lipinski definition) is 5. The van der Waals surface area contributed by atoms with Crippen LogP contribution in [-0.4, -0.2) is 30.0 Å². The van der Waals surface area contributed by atoms with Gasteiger partial charge in [0.15, 0.2) is 0 Å². The second-order valence-corrected chi connectivity index (χ2v) is 5.62. The molecular formula is C15H22N4O3. The fourth-order valence-corrected chi connectivity index (χ4v) is 2.78. The zero-order valence-electron chi connectivity index (χ0n) is 12.5. The minimum Gasteiger partial charge on any atom is -0.378 e. The van der Waals surface area contributed by atoms with Crippen LogP contribution in [0.2, 0.25) is 0 Å². The third kappa shape index (κ3) is 4.42. The second-order valence-electron chi connectivity index (χ2n) is 5.62.